The molecule has 1 heterocycles. The Hall–Kier alpha value is -3.20. The molecule has 4 rings (SSSR count). The van der Waals surface area contributed by atoms with E-state index in [4.69, 9.17) is 0 Å². The molecule has 44 heavy (non-hydrogen) atoms. The van der Waals surface area contributed by atoms with E-state index >= 15 is 0 Å². The molecule has 1 aliphatic heterocycles. The molecule has 0 atom stereocenters. The average molecular weight is 652 g/mol. The van der Waals surface area contributed by atoms with Gasteiger partial charge in [0.05, 0.1) is 27.9 Å². The smallest absolute Gasteiger partial charge is 0.334 e. The number of rotatable bonds is 10. The van der Waals surface area contributed by atoms with Crippen LogP contribution in [-0.2, 0) is 40.3 Å². The molecule has 1 aliphatic carbocycles. The third kappa shape index (κ3) is 8.29. The molecule has 1 saturated heterocycles. The van der Waals surface area contributed by atoms with E-state index in [0.717, 1.165) is 29.9 Å². The van der Waals surface area contributed by atoms with Crippen LogP contribution in [0.15, 0.2) is 36.4 Å². The minimum Gasteiger partial charge on any atom is -0.334 e. The lowest BCUT2D eigenvalue weighted by Crippen LogP contribution is -2.49. The van der Waals surface area contributed by atoms with Crippen LogP contribution < -0.4 is 10.0 Å². The number of carbonyl (C=O) groups is 2. The predicted octanol–water partition coefficient (Wildman–Crippen LogP) is 5.64. The molecule has 7 nitrogen and oxygen atoms in total. The van der Waals surface area contributed by atoms with E-state index in [9.17, 15) is 48.7 Å². The van der Waals surface area contributed by atoms with E-state index < -0.39 is 86.5 Å². The standard InChI is InChI=1S/C29H32F7N3O4S/c1-2-44(42,43)38-25(40)23-13-19(5-6-24(23)30)16-39(26(41)27(15-18-3-4-18)7-9-37-10-8-27)17-20-11-21(28(31,32)33)14-22(12-20)29(34,35)36/h5-6,11-14,18,37H,2-4,7-10,15-17H2,1H3,(H,38,40). The van der Waals surface area contributed by atoms with Gasteiger partial charge in [-0.1, -0.05) is 18.9 Å². The van der Waals surface area contributed by atoms with Crippen molar-refractivity contribution < 1.29 is 48.7 Å². The van der Waals surface area contributed by atoms with Gasteiger partial charge in [-0.15, -0.1) is 0 Å². The van der Waals surface area contributed by atoms with Crippen LogP contribution in [0.3, 0.4) is 0 Å². The van der Waals surface area contributed by atoms with Crippen molar-refractivity contribution in [2.24, 2.45) is 11.3 Å². The maximum atomic E-state index is 14.6. The second-order valence-corrected chi connectivity index (χ2v) is 13.4. The number of alkyl halides is 6. The van der Waals surface area contributed by atoms with Crippen molar-refractivity contribution in [1.82, 2.24) is 14.9 Å². The summed E-state index contributed by atoms with van der Waals surface area (Å²) in [6.07, 6.45) is -7.06. The van der Waals surface area contributed by atoms with Gasteiger partial charge in [0.1, 0.15) is 5.82 Å². The van der Waals surface area contributed by atoms with Crippen molar-refractivity contribution in [3.63, 3.8) is 0 Å². The van der Waals surface area contributed by atoms with Crippen LogP contribution in [0, 0.1) is 17.2 Å². The van der Waals surface area contributed by atoms with Gasteiger partial charge in [0.2, 0.25) is 15.9 Å². The monoisotopic (exact) mass is 651 g/mol. The van der Waals surface area contributed by atoms with Gasteiger partial charge in [-0.25, -0.2) is 17.5 Å². The van der Waals surface area contributed by atoms with Crippen LogP contribution in [-0.4, -0.2) is 44.0 Å². The first-order valence-corrected chi connectivity index (χ1v) is 15.7. The Morgan fingerprint density at radius 1 is 0.932 bits per heavy atom. The molecule has 0 unspecified atom stereocenters. The summed E-state index contributed by atoms with van der Waals surface area (Å²) in [5.41, 5.74) is -4.91. The number of benzene rings is 2. The molecule has 2 aromatic rings. The fourth-order valence-corrected chi connectivity index (χ4v) is 6.02. The average Bonchev–Trinajstić information content (AvgIpc) is 3.76. The van der Waals surface area contributed by atoms with Gasteiger partial charge in [-0.2, -0.15) is 26.3 Å². The minimum absolute atomic E-state index is 0.00622. The summed E-state index contributed by atoms with van der Waals surface area (Å²) in [5, 5.41) is 3.17. The Labute approximate surface area is 250 Å². The van der Waals surface area contributed by atoms with E-state index in [1.54, 1.807) is 4.72 Å². The number of carbonyl (C=O) groups excluding carboxylic acids is 2. The van der Waals surface area contributed by atoms with Gasteiger partial charge in [-0.3, -0.25) is 9.59 Å². The summed E-state index contributed by atoms with van der Waals surface area (Å²) in [6.45, 7) is 1.22. The Balaban J connectivity index is 1.76. The van der Waals surface area contributed by atoms with Crippen LogP contribution in [0.1, 0.15) is 71.6 Å². The first-order valence-electron chi connectivity index (χ1n) is 14.0. The molecule has 2 N–H and O–H groups in total. The predicted molar refractivity (Wildman–Crippen MR) is 146 cm³/mol. The van der Waals surface area contributed by atoms with Gasteiger partial charge in [-0.05, 0) is 86.7 Å². The fourth-order valence-electron chi connectivity index (χ4n) is 5.48. The van der Waals surface area contributed by atoms with Crippen LogP contribution in [0.25, 0.3) is 0 Å². The Kier molecular flexibility index (Phi) is 9.69. The highest BCUT2D eigenvalue weighted by Crippen LogP contribution is 2.46. The van der Waals surface area contributed by atoms with Gasteiger partial charge in [0, 0.05) is 13.1 Å². The summed E-state index contributed by atoms with van der Waals surface area (Å²) in [4.78, 5) is 28.0. The van der Waals surface area contributed by atoms with Gasteiger partial charge in [0.15, 0.2) is 0 Å². The molecule has 0 bridgehead atoms. The highest BCUT2D eigenvalue weighted by Gasteiger charge is 2.46. The van der Waals surface area contributed by atoms with E-state index in [1.165, 1.54) is 13.0 Å². The molecule has 242 valence electrons. The van der Waals surface area contributed by atoms with Crippen LogP contribution in [0.4, 0.5) is 30.7 Å². The van der Waals surface area contributed by atoms with Crippen molar-refractivity contribution in [3.05, 3.63) is 70.0 Å². The highest BCUT2D eigenvalue weighted by atomic mass is 32.2. The molecule has 2 amide bonds. The first kappa shape index (κ1) is 33.7. The molecule has 0 spiro atoms. The van der Waals surface area contributed by atoms with Crippen molar-refractivity contribution in [2.75, 3.05) is 18.8 Å². The Morgan fingerprint density at radius 3 is 2.02 bits per heavy atom. The quantitative estimate of drug-likeness (QED) is 0.325. The van der Waals surface area contributed by atoms with Gasteiger partial charge in [0.25, 0.3) is 5.91 Å². The first-order chi connectivity index (χ1) is 20.4. The zero-order valence-electron chi connectivity index (χ0n) is 23.7. The van der Waals surface area contributed by atoms with E-state index in [0.29, 0.717) is 44.5 Å². The largest absolute Gasteiger partial charge is 0.416 e. The number of halogens is 7. The van der Waals surface area contributed by atoms with Crippen LogP contribution >= 0.6 is 0 Å². The minimum atomic E-state index is -5.09. The number of nitrogens with one attached hydrogen (secondary N) is 2. The second kappa shape index (κ2) is 12.7. The molecule has 1 saturated carbocycles. The molecule has 15 heteroatoms. The summed E-state index contributed by atoms with van der Waals surface area (Å²) in [5.74, 6) is -2.99. The van der Waals surface area contributed by atoms with Crippen LogP contribution in [0.2, 0.25) is 0 Å². The third-order valence-corrected chi connectivity index (χ3v) is 9.23. The molecule has 2 aliphatic rings. The summed E-state index contributed by atoms with van der Waals surface area (Å²) in [7, 11) is -4.05. The third-order valence-electron chi connectivity index (χ3n) is 7.98. The lowest BCUT2D eigenvalue weighted by molar-refractivity contribution is -0.146. The molecule has 0 radical (unpaired) electrons. The van der Waals surface area contributed by atoms with Crippen molar-refractivity contribution in [1.29, 1.82) is 0 Å². The second-order valence-electron chi connectivity index (χ2n) is 11.4. The lowest BCUT2D eigenvalue weighted by atomic mass is 9.73. The molecular formula is C29H32F7N3O4S. The molecule has 0 aromatic heterocycles. The van der Waals surface area contributed by atoms with E-state index in [1.807, 2.05) is 0 Å². The zero-order chi connectivity index (χ0) is 32.5. The Morgan fingerprint density at radius 2 is 1.50 bits per heavy atom. The van der Waals surface area contributed by atoms with Gasteiger partial charge < -0.3 is 10.2 Å². The molecule has 2 fully saturated rings. The number of sulfonamides is 1. The number of nitrogens with zero attached hydrogens (tertiary/aromatic N) is 1. The lowest BCUT2D eigenvalue weighted by Gasteiger charge is -2.40. The SMILES string of the molecule is CCS(=O)(=O)NC(=O)c1cc(CN(Cc2cc(C(F)(F)F)cc(C(F)(F)F)c2)C(=O)C2(CC3CC3)CCNCC2)ccc1F. The number of amides is 2. The van der Waals surface area contributed by atoms with Crippen molar-refractivity contribution in [3.8, 4) is 0 Å². The molecular weight excluding hydrogens is 619 g/mol. The normalized spacial score (nSPS) is 17.3. The fraction of sp³-hybridized carbons (Fsp3) is 0.517. The highest BCUT2D eigenvalue weighted by molar-refractivity contribution is 7.90. The molecule has 2 aromatic carbocycles. The number of hydrogen-bond acceptors (Lipinski definition) is 5. The number of piperidine rings is 1. The zero-order valence-corrected chi connectivity index (χ0v) is 24.6. The maximum Gasteiger partial charge on any atom is 0.416 e. The van der Waals surface area contributed by atoms with Crippen molar-refractivity contribution in [2.45, 2.75) is 64.5 Å². The summed E-state index contributed by atoms with van der Waals surface area (Å²) >= 11 is 0. The van der Waals surface area contributed by atoms with E-state index in [-0.39, 0.29) is 17.5 Å². The van der Waals surface area contributed by atoms with Crippen LogP contribution in [0.5, 0.6) is 0 Å². The van der Waals surface area contributed by atoms with Crippen molar-refractivity contribution >= 4 is 21.8 Å². The summed E-state index contributed by atoms with van der Waals surface area (Å²) in [6, 6.07) is 4.23. The van der Waals surface area contributed by atoms with Gasteiger partial charge >= 0.3 is 12.4 Å². The maximum absolute atomic E-state index is 14.6. The number of hydrogen-bond donors (Lipinski definition) is 2. The topological polar surface area (TPSA) is 95.6 Å². The summed E-state index contributed by atoms with van der Waals surface area (Å²) < 4.78 is 122. The Bertz CT molecular complexity index is 1470. The van der Waals surface area contributed by atoms with E-state index in [2.05, 4.69) is 5.32 Å².